The van der Waals surface area contributed by atoms with Gasteiger partial charge in [-0.15, -0.1) is 23.5 Å². The van der Waals surface area contributed by atoms with Crippen LogP contribution in [0.2, 0.25) is 0 Å². The topological polar surface area (TPSA) is 17.1 Å². The lowest BCUT2D eigenvalue weighted by Gasteiger charge is -2.01. The van der Waals surface area contributed by atoms with E-state index >= 15 is 0 Å². The quantitative estimate of drug-likeness (QED) is 0.643. The highest BCUT2D eigenvalue weighted by Crippen LogP contribution is 2.36. The summed E-state index contributed by atoms with van der Waals surface area (Å²) in [6, 6.07) is 6.04. The highest BCUT2D eigenvalue weighted by molar-refractivity contribution is 8.01. The lowest BCUT2D eigenvalue weighted by Crippen LogP contribution is -1.96. The van der Waals surface area contributed by atoms with Gasteiger partial charge in [0, 0.05) is 15.4 Å². The fourth-order valence-corrected chi connectivity index (χ4v) is 2.97. The van der Waals surface area contributed by atoms with E-state index in [0.29, 0.717) is 5.75 Å². The number of ketones is 1. The maximum Gasteiger partial charge on any atom is 0.175 e. The fourth-order valence-electron chi connectivity index (χ4n) is 1.29. The molecule has 1 nitrogen and oxygen atoms in total. The molecule has 0 spiro atoms. The van der Waals surface area contributed by atoms with Crippen LogP contribution in [0.25, 0.3) is 0 Å². The Morgan fingerprint density at radius 2 is 2.33 bits per heavy atom. The van der Waals surface area contributed by atoms with Crippen LogP contribution in [0.5, 0.6) is 0 Å². The molecule has 0 fully saturated rings. The first-order chi connectivity index (χ1) is 5.83. The van der Waals surface area contributed by atoms with Crippen molar-refractivity contribution in [2.45, 2.75) is 9.79 Å². The van der Waals surface area contributed by atoms with Crippen LogP contribution in [0, 0.1) is 0 Å². The molecule has 0 amide bonds. The van der Waals surface area contributed by atoms with Crippen LogP contribution >= 0.6 is 23.5 Å². The minimum atomic E-state index is 0.278. The molecule has 0 unspecified atom stereocenters. The van der Waals surface area contributed by atoms with Gasteiger partial charge in [-0.25, -0.2) is 0 Å². The van der Waals surface area contributed by atoms with Crippen LogP contribution in [0.15, 0.2) is 28.0 Å². The molecule has 12 heavy (non-hydrogen) atoms. The Bertz CT molecular complexity index is 333. The molecule has 1 heterocycles. The van der Waals surface area contributed by atoms with Gasteiger partial charge in [0.2, 0.25) is 0 Å². The first kappa shape index (κ1) is 8.20. The predicted octanol–water partition coefficient (Wildman–Crippen LogP) is 2.70. The van der Waals surface area contributed by atoms with Crippen molar-refractivity contribution < 1.29 is 4.79 Å². The van der Waals surface area contributed by atoms with Gasteiger partial charge >= 0.3 is 0 Å². The summed E-state index contributed by atoms with van der Waals surface area (Å²) in [5.41, 5.74) is 0.940. The van der Waals surface area contributed by atoms with Crippen molar-refractivity contribution in [1.82, 2.24) is 0 Å². The van der Waals surface area contributed by atoms with Gasteiger partial charge in [0.15, 0.2) is 5.78 Å². The van der Waals surface area contributed by atoms with E-state index in [0.717, 1.165) is 15.4 Å². The van der Waals surface area contributed by atoms with Gasteiger partial charge < -0.3 is 0 Å². The minimum Gasteiger partial charge on any atom is -0.293 e. The molecule has 1 aromatic carbocycles. The lowest BCUT2D eigenvalue weighted by atomic mass is 10.1. The van der Waals surface area contributed by atoms with Crippen LogP contribution in [-0.2, 0) is 0 Å². The Balaban J connectivity index is 2.60. The number of carbonyl (C=O) groups excluding carboxylic acids is 1. The molecule has 2 rings (SSSR count). The summed E-state index contributed by atoms with van der Waals surface area (Å²) in [5, 5.41) is 0. The molecule has 0 N–H and O–H groups in total. The summed E-state index contributed by atoms with van der Waals surface area (Å²) in [6.07, 6.45) is 2.01. The number of fused-ring (bicyclic) bond motifs is 1. The summed E-state index contributed by atoms with van der Waals surface area (Å²) in [5.74, 6) is 0.896. The molecule has 62 valence electrons. The Labute approximate surface area is 79.9 Å². The highest BCUT2D eigenvalue weighted by atomic mass is 32.2. The van der Waals surface area contributed by atoms with Gasteiger partial charge in [0.05, 0.1) is 5.75 Å². The second-order valence-electron chi connectivity index (χ2n) is 2.55. The van der Waals surface area contributed by atoms with E-state index < -0.39 is 0 Å². The van der Waals surface area contributed by atoms with Gasteiger partial charge in [-0.3, -0.25) is 4.79 Å². The van der Waals surface area contributed by atoms with Crippen LogP contribution < -0.4 is 0 Å². The lowest BCUT2D eigenvalue weighted by molar-refractivity contribution is 0.102. The third-order valence-corrected chi connectivity index (χ3v) is 3.68. The zero-order chi connectivity index (χ0) is 8.55. The Morgan fingerprint density at radius 3 is 3.08 bits per heavy atom. The third-order valence-electron chi connectivity index (χ3n) is 1.85. The molecule has 0 saturated heterocycles. The first-order valence-electron chi connectivity index (χ1n) is 3.66. The molecule has 0 saturated carbocycles. The molecular weight excluding hydrogens is 188 g/mol. The summed E-state index contributed by atoms with van der Waals surface area (Å²) >= 11 is 3.29. The number of Topliss-reactive ketones (excluding diaryl/α,β-unsaturated/α-hetero) is 1. The van der Waals surface area contributed by atoms with Crippen molar-refractivity contribution in [1.29, 1.82) is 0 Å². The highest BCUT2D eigenvalue weighted by Gasteiger charge is 2.22. The normalized spacial score (nSPS) is 14.9. The van der Waals surface area contributed by atoms with Crippen molar-refractivity contribution in [3.05, 3.63) is 23.8 Å². The average molecular weight is 196 g/mol. The zero-order valence-corrected chi connectivity index (χ0v) is 8.30. The van der Waals surface area contributed by atoms with Crippen molar-refractivity contribution in [2.24, 2.45) is 0 Å². The Kier molecular flexibility index (Phi) is 2.15. The maximum absolute atomic E-state index is 11.4. The van der Waals surface area contributed by atoms with Crippen LogP contribution in [0.3, 0.4) is 0 Å². The minimum absolute atomic E-state index is 0.278. The summed E-state index contributed by atoms with van der Waals surface area (Å²) < 4.78 is 0. The summed E-state index contributed by atoms with van der Waals surface area (Å²) in [6.45, 7) is 0. The second-order valence-corrected chi connectivity index (χ2v) is 4.41. The van der Waals surface area contributed by atoms with Gasteiger partial charge in [-0.1, -0.05) is 6.07 Å². The fraction of sp³-hybridized carbons (Fsp3) is 0.222. The Morgan fingerprint density at radius 1 is 1.50 bits per heavy atom. The molecule has 1 aliphatic rings. The van der Waals surface area contributed by atoms with Crippen LogP contribution in [0.1, 0.15) is 10.4 Å². The van der Waals surface area contributed by atoms with E-state index in [-0.39, 0.29) is 5.78 Å². The molecular formula is C9H8OS2. The summed E-state index contributed by atoms with van der Waals surface area (Å²) in [7, 11) is 0. The van der Waals surface area contributed by atoms with E-state index in [2.05, 4.69) is 0 Å². The molecule has 3 heteroatoms. The van der Waals surface area contributed by atoms with E-state index in [1.807, 2.05) is 24.5 Å². The number of rotatable bonds is 1. The van der Waals surface area contributed by atoms with Crippen molar-refractivity contribution in [3.8, 4) is 0 Å². The maximum atomic E-state index is 11.4. The van der Waals surface area contributed by atoms with Crippen LogP contribution in [-0.4, -0.2) is 17.8 Å². The number of carbonyl (C=O) groups is 1. The summed E-state index contributed by atoms with van der Waals surface area (Å²) in [4.78, 5) is 13.7. The molecule has 0 bridgehead atoms. The molecule has 1 aliphatic heterocycles. The third kappa shape index (κ3) is 1.17. The van der Waals surface area contributed by atoms with Crippen molar-refractivity contribution >= 4 is 29.3 Å². The van der Waals surface area contributed by atoms with Gasteiger partial charge in [-0.05, 0) is 18.4 Å². The molecule has 0 aliphatic carbocycles. The number of thioether (sulfide) groups is 2. The zero-order valence-electron chi connectivity index (χ0n) is 6.66. The molecule has 0 aromatic heterocycles. The van der Waals surface area contributed by atoms with Crippen LogP contribution in [0.4, 0.5) is 0 Å². The van der Waals surface area contributed by atoms with E-state index in [1.165, 1.54) is 0 Å². The molecule has 1 aromatic rings. The number of hydrogen-bond donors (Lipinski definition) is 0. The van der Waals surface area contributed by atoms with Gasteiger partial charge in [0.25, 0.3) is 0 Å². The van der Waals surface area contributed by atoms with Crippen molar-refractivity contribution in [2.75, 3.05) is 12.0 Å². The largest absolute Gasteiger partial charge is 0.293 e. The second kappa shape index (κ2) is 3.15. The average Bonchev–Trinajstić information content (AvgIpc) is 2.48. The van der Waals surface area contributed by atoms with Gasteiger partial charge in [0.1, 0.15) is 0 Å². The van der Waals surface area contributed by atoms with E-state index in [1.54, 1.807) is 23.5 Å². The first-order valence-corrected chi connectivity index (χ1v) is 5.87. The Hall–Kier alpha value is -0.410. The standard InChI is InChI=1S/C9H8OS2/c1-11-7-3-2-4-8-9(7)6(10)5-12-8/h2-4H,5H2,1H3. The number of hydrogen-bond acceptors (Lipinski definition) is 3. The SMILES string of the molecule is CSc1cccc2c1C(=O)CS2. The predicted molar refractivity (Wildman–Crippen MR) is 53.3 cm³/mol. The van der Waals surface area contributed by atoms with E-state index in [4.69, 9.17) is 0 Å². The monoisotopic (exact) mass is 196 g/mol. The van der Waals surface area contributed by atoms with E-state index in [9.17, 15) is 4.79 Å². The number of benzene rings is 1. The molecule has 0 atom stereocenters. The van der Waals surface area contributed by atoms with Crippen molar-refractivity contribution in [3.63, 3.8) is 0 Å². The van der Waals surface area contributed by atoms with Gasteiger partial charge in [-0.2, -0.15) is 0 Å². The smallest absolute Gasteiger partial charge is 0.175 e. The molecule has 0 radical (unpaired) electrons.